The molecule has 0 spiro atoms. The Morgan fingerprint density at radius 2 is 1.86 bits per heavy atom. The van der Waals surface area contributed by atoms with Crippen LogP contribution in [0.25, 0.3) is 11.3 Å². The maximum atomic E-state index is 10.7. The van der Waals surface area contributed by atoms with Gasteiger partial charge >= 0.3 is 5.97 Å². The van der Waals surface area contributed by atoms with E-state index in [1.54, 1.807) is 13.8 Å². The van der Waals surface area contributed by atoms with E-state index in [0.717, 1.165) is 11.1 Å². The zero-order valence-corrected chi connectivity index (χ0v) is 12.0. The Labute approximate surface area is 123 Å². The van der Waals surface area contributed by atoms with E-state index >= 15 is 0 Å². The zero-order valence-electron chi connectivity index (χ0n) is 12.0. The fourth-order valence-electron chi connectivity index (χ4n) is 1.89. The van der Waals surface area contributed by atoms with Crippen molar-refractivity contribution < 1.29 is 19.4 Å². The van der Waals surface area contributed by atoms with Crippen LogP contribution in [-0.2, 0) is 11.3 Å². The third-order valence-electron chi connectivity index (χ3n) is 3.29. The number of hydrogen-bond acceptors (Lipinski definition) is 4. The van der Waals surface area contributed by atoms with Crippen molar-refractivity contribution in [1.82, 2.24) is 5.32 Å². The van der Waals surface area contributed by atoms with Gasteiger partial charge in [-0.3, -0.25) is 10.1 Å². The number of hydrogen-bond donors (Lipinski definition) is 3. The smallest absolute Gasteiger partial charge is 0.320 e. The summed E-state index contributed by atoms with van der Waals surface area (Å²) in [5.41, 5.74) is 1.76. The summed E-state index contributed by atoms with van der Waals surface area (Å²) in [4.78, 5) is 10.7. The van der Waals surface area contributed by atoms with Gasteiger partial charge in [-0.2, -0.15) is 0 Å². The van der Waals surface area contributed by atoms with Crippen molar-refractivity contribution in [1.29, 1.82) is 0 Å². The first-order chi connectivity index (χ1) is 9.97. The van der Waals surface area contributed by atoms with Crippen molar-refractivity contribution in [2.45, 2.75) is 32.5 Å². The molecule has 2 aromatic rings. The van der Waals surface area contributed by atoms with Gasteiger partial charge in [0.05, 0.1) is 12.6 Å². The molecule has 0 unspecified atom stereocenters. The monoisotopic (exact) mass is 289 g/mol. The fraction of sp³-hybridized carbons (Fsp3) is 0.312. The van der Waals surface area contributed by atoms with Gasteiger partial charge in [-0.25, -0.2) is 0 Å². The van der Waals surface area contributed by atoms with Crippen LogP contribution in [0.1, 0.15) is 31.3 Å². The van der Waals surface area contributed by atoms with E-state index < -0.39 is 18.1 Å². The van der Waals surface area contributed by atoms with E-state index in [1.165, 1.54) is 0 Å². The summed E-state index contributed by atoms with van der Waals surface area (Å²) in [7, 11) is 0. The van der Waals surface area contributed by atoms with Crippen LogP contribution in [0.3, 0.4) is 0 Å². The first-order valence-electron chi connectivity index (χ1n) is 6.80. The lowest BCUT2D eigenvalue weighted by Gasteiger charge is -2.07. The first-order valence-corrected chi connectivity index (χ1v) is 6.80. The van der Waals surface area contributed by atoms with Crippen LogP contribution >= 0.6 is 0 Å². The van der Waals surface area contributed by atoms with Crippen molar-refractivity contribution in [2.75, 3.05) is 0 Å². The van der Waals surface area contributed by atoms with Crippen LogP contribution in [-0.4, -0.2) is 22.2 Å². The molecule has 2 rings (SSSR count). The van der Waals surface area contributed by atoms with Crippen LogP contribution in [0.15, 0.2) is 40.8 Å². The highest BCUT2D eigenvalue weighted by atomic mass is 16.4. The number of furan rings is 1. The number of aliphatic carboxylic acids is 1. The minimum Gasteiger partial charge on any atom is -0.480 e. The standard InChI is InChI=1S/C16H19NO4/c1-10(16(19)20)17-9-14-7-8-15(21-14)13-5-3-12(4-6-13)11(2)18/h3-8,10-11,17-18H,9H2,1-2H3,(H,19,20)/t10-,11-/m1/s1. The van der Waals surface area contributed by atoms with Gasteiger partial charge < -0.3 is 14.6 Å². The first kappa shape index (κ1) is 15.3. The molecule has 21 heavy (non-hydrogen) atoms. The van der Waals surface area contributed by atoms with Crippen molar-refractivity contribution in [3.8, 4) is 11.3 Å². The maximum Gasteiger partial charge on any atom is 0.320 e. The Kier molecular flexibility index (Phi) is 4.77. The van der Waals surface area contributed by atoms with Gasteiger partial charge in [-0.05, 0) is 31.5 Å². The summed E-state index contributed by atoms with van der Waals surface area (Å²) in [5.74, 6) is 0.500. The van der Waals surface area contributed by atoms with Crippen molar-refractivity contribution in [3.63, 3.8) is 0 Å². The number of aliphatic hydroxyl groups is 1. The number of carbonyl (C=O) groups is 1. The second-order valence-corrected chi connectivity index (χ2v) is 5.00. The van der Waals surface area contributed by atoms with Crippen LogP contribution < -0.4 is 5.32 Å². The lowest BCUT2D eigenvalue weighted by molar-refractivity contribution is -0.139. The van der Waals surface area contributed by atoms with Crippen molar-refractivity contribution >= 4 is 5.97 Å². The Bertz CT molecular complexity index is 601. The van der Waals surface area contributed by atoms with Gasteiger partial charge in [-0.1, -0.05) is 24.3 Å². The zero-order chi connectivity index (χ0) is 15.4. The summed E-state index contributed by atoms with van der Waals surface area (Å²) in [5, 5.41) is 21.1. The molecule has 3 N–H and O–H groups in total. The Balaban J connectivity index is 2.04. The number of rotatable bonds is 6. The Hall–Kier alpha value is -2.11. The van der Waals surface area contributed by atoms with Gasteiger partial charge in [-0.15, -0.1) is 0 Å². The molecule has 112 valence electrons. The number of nitrogens with one attached hydrogen (secondary N) is 1. The second-order valence-electron chi connectivity index (χ2n) is 5.00. The average molecular weight is 289 g/mol. The van der Waals surface area contributed by atoms with Gasteiger partial charge in [0.25, 0.3) is 0 Å². The summed E-state index contributed by atoms with van der Waals surface area (Å²) in [6, 6.07) is 10.5. The molecule has 1 heterocycles. The summed E-state index contributed by atoms with van der Waals surface area (Å²) >= 11 is 0. The molecule has 1 aromatic heterocycles. The van der Waals surface area contributed by atoms with E-state index in [9.17, 15) is 9.90 Å². The summed E-state index contributed by atoms with van der Waals surface area (Å²) in [6.45, 7) is 3.66. The van der Waals surface area contributed by atoms with E-state index in [2.05, 4.69) is 5.32 Å². The molecule has 0 bridgehead atoms. The number of benzene rings is 1. The third-order valence-corrected chi connectivity index (χ3v) is 3.29. The summed E-state index contributed by atoms with van der Waals surface area (Å²) in [6.07, 6.45) is -0.493. The number of carboxylic acids is 1. The molecule has 0 fully saturated rings. The number of carboxylic acid groups (broad SMARTS) is 1. The molecule has 0 radical (unpaired) electrons. The van der Waals surface area contributed by atoms with Crippen LogP contribution in [0, 0.1) is 0 Å². The lowest BCUT2D eigenvalue weighted by Crippen LogP contribution is -2.32. The molecule has 0 saturated heterocycles. The molecule has 0 aliphatic carbocycles. The Morgan fingerprint density at radius 1 is 1.19 bits per heavy atom. The molecule has 1 aromatic carbocycles. The van der Waals surface area contributed by atoms with Crippen molar-refractivity contribution in [2.24, 2.45) is 0 Å². The predicted molar refractivity (Wildman–Crippen MR) is 78.7 cm³/mol. The quantitative estimate of drug-likeness (QED) is 0.761. The molecule has 0 aliphatic heterocycles. The molecule has 0 amide bonds. The highest BCUT2D eigenvalue weighted by molar-refractivity contribution is 5.72. The van der Waals surface area contributed by atoms with Gasteiger partial charge in [0.15, 0.2) is 0 Å². The molecule has 5 nitrogen and oxygen atoms in total. The van der Waals surface area contributed by atoms with Gasteiger partial charge in [0.1, 0.15) is 17.6 Å². The summed E-state index contributed by atoms with van der Waals surface area (Å²) < 4.78 is 5.68. The SMILES string of the molecule is C[C@@H](NCc1ccc(-c2ccc([C@@H](C)O)cc2)o1)C(=O)O. The van der Waals surface area contributed by atoms with Gasteiger partial charge in [0, 0.05) is 5.56 Å². The molecular formula is C16H19NO4. The minimum absolute atomic E-state index is 0.360. The average Bonchev–Trinajstić information content (AvgIpc) is 2.93. The molecule has 2 atom stereocenters. The lowest BCUT2D eigenvalue weighted by atomic mass is 10.1. The second kappa shape index (κ2) is 6.56. The fourth-order valence-corrected chi connectivity index (χ4v) is 1.89. The van der Waals surface area contributed by atoms with E-state index in [0.29, 0.717) is 18.1 Å². The van der Waals surface area contributed by atoms with Crippen LogP contribution in [0.5, 0.6) is 0 Å². The van der Waals surface area contributed by atoms with Crippen LogP contribution in [0.4, 0.5) is 0 Å². The normalized spacial score (nSPS) is 13.9. The molecule has 5 heteroatoms. The van der Waals surface area contributed by atoms with Crippen LogP contribution in [0.2, 0.25) is 0 Å². The van der Waals surface area contributed by atoms with E-state index in [4.69, 9.17) is 9.52 Å². The highest BCUT2D eigenvalue weighted by Crippen LogP contribution is 2.24. The Morgan fingerprint density at radius 3 is 2.43 bits per heavy atom. The molecule has 0 saturated carbocycles. The predicted octanol–water partition coefficient (Wildman–Crippen LogP) is 2.56. The highest BCUT2D eigenvalue weighted by Gasteiger charge is 2.11. The van der Waals surface area contributed by atoms with Gasteiger partial charge in [0.2, 0.25) is 0 Å². The van der Waals surface area contributed by atoms with E-state index in [1.807, 2.05) is 36.4 Å². The largest absolute Gasteiger partial charge is 0.480 e. The number of aliphatic hydroxyl groups excluding tert-OH is 1. The minimum atomic E-state index is -0.893. The molecular weight excluding hydrogens is 270 g/mol. The topological polar surface area (TPSA) is 82.7 Å². The van der Waals surface area contributed by atoms with E-state index in [-0.39, 0.29) is 0 Å². The third kappa shape index (κ3) is 3.93. The maximum absolute atomic E-state index is 10.7. The van der Waals surface area contributed by atoms with Crippen molar-refractivity contribution in [3.05, 3.63) is 47.7 Å². The molecule has 0 aliphatic rings.